The van der Waals surface area contributed by atoms with Crippen LogP contribution in [0.4, 0.5) is 14.5 Å². The minimum absolute atomic E-state index is 0.303. The summed E-state index contributed by atoms with van der Waals surface area (Å²) >= 11 is 0. The first-order chi connectivity index (χ1) is 7.72. The highest BCUT2D eigenvalue weighted by Gasteiger charge is 2.13. The van der Waals surface area contributed by atoms with Gasteiger partial charge in [0, 0.05) is 6.54 Å². The minimum Gasteiger partial charge on any atom is -0.380 e. The van der Waals surface area contributed by atoms with Crippen molar-refractivity contribution in [3.8, 4) is 0 Å². The monoisotopic (exact) mass is 223 g/mol. The summed E-state index contributed by atoms with van der Waals surface area (Å²) in [6, 6.07) is 5.29. The Kier molecular flexibility index (Phi) is 2.85. The van der Waals surface area contributed by atoms with E-state index in [2.05, 4.69) is 21.9 Å². The molecule has 84 valence electrons. The first kappa shape index (κ1) is 10.6. The lowest BCUT2D eigenvalue weighted by atomic mass is 10.2. The fourth-order valence-electron chi connectivity index (χ4n) is 1.48. The number of rotatable bonds is 4. The van der Waals surface area contributed by atoms with Gasteiger partial charge in [0.2, 0.25) is 0 Å². The summed E-state index contributed by atoms with van der Waals surface area (Å²) in [4.78, 5) is 6.45. The van der Waals surface area contributed by atoms with Crippen molar-refractivity contribution in [1.29, 1.82) is 0 Å². The summed E-state index contributed by atoms with van der Waals surface area (Å²) in [5.74, 6) is -0.303. The van der Waals surface area contributed by atoms with Crippen molar-refractivity contribution in [3.05, 3.63) is 36.7 Å². The third-order valence-electron chi connectivity index (χ3n) is 2.17. The van der Waals surface area contributed by atoms with Crippen molar-refractivity contribution < 1.29 is 8.78 Å². The van der Waals surface area contributed by atoms with E-state index >= 15 is 0 Å². The number of alkyl halides is 2. The zero-order valence-corrected chi connectivity index (χ0v) is 8.50. The van der Waals surface area contributed by atoms with Gasteiger partial charge in [0.25, 0.3) is 6.43 Å². The van der Waals surface area contributed by atoms with Gasteiger partial charge in [-0.2, -0.15) is 0 Å². The van der Waals surface area contributed by atoms with E-state index in [1.54, 1.807) is 24.3 Å². The summed E-state index contributed by atoms with van der Waals surface area (Å²) in [7, 11) is 0. The van der Waals surface area contributed by atoms with Crippen LogP contribution in [0.15, 0.2) is 30.9 Å². The fraction of sp³-hybridized carbons (Fsp3) is 0.182. The van der Waals surface area contributed by atoms with Crippen molar-refractivity contribution in [3.63, 3.8) is 0 Å². The molecular formula is C11H11F2N3. The molecule has 3 nitrogen and oxygen atoms in total. The van der Waals surface area contributed by atoms with Crippen molar-refractivity contribution in [2.24, 2.45) is 0 Å². The zero-order valence-electron chi connectivity index (χ0n) is 8.50. The lowest BCUT2D eigenvalue weighted by molar-refractivity contribution is 0.142. The summed E-state index contributed by atoms with van der Waals surface area (Å²) in [5, 5.41) is 3.04. The molecule has 16 heavy (non-hydrogen) atoms. The zero-order chi connectivity index (χ0) is 11.5. The number of anilines is 1. The van der Waals surface area contributed by atoms with E-state index in [1.165, 1.54) is 0 Å². The number of hydrogen-bond donors (Lipinski definition) is 2. The molecule has 0 aliphatic heterocycles. The number of aromatic nitrogens is 2. The maximum atomic E-state index is 12.5. The molecule has 0 aliphatic carbocycles. The van der Waals surface area contributed by atoms with Crippen molar-refractivity contribution in [2.45, 2.75) is 6.43 Å². The number of hydrogen-bond acceptors (Lipinski definition) is 2. The third-order valence-corrected chi connectivity index (χ3v) is 2.17. The van der Waals surface area contributed by atoms with E-state index in [4.69, 9.17) is 0 Å². The van der Waals surface area contributed by atoms with Crippen molar-refractivity contribution in [1.82, 2.24) is 9.97 Å². The maximum Gasteiger partial charge on any atom is 0.295 e. The number of fused-ring (bicyclic) bond motifs is 1. The number of benzene rings is 1. The van der Waals surface area contributed by atoms with Crippen molar-refractivity contribution in [2.75, 3.05) is 11.9 Å². The number of H-pyrrole nitrogens is 1. The lowest BCUT2D eigenvalue weighted by Crippen LogP contribution is -1.98. The van der Waals surface area contributed by atoms with E-state index in [0.717, 1.165) is 5.69 Å². The number of halogens is 2. The van der Waals surface area contributed by atoms with Gasteiger partial charge in [-0.05, 0) is 12.1 Å². The Balaban J connectivity index is 2.45. The Bertz CT molecular complexity index is 505. The molecule has 0 saturated carbocycles. The SMILES string of the molecule is C=CCNc1cccc2[nH]c(C(F)F)nc12. The Morgan fingerprint density at radius 3 is 3.00 bits per heavy atom. The maximum absolute atomic E-state index is 12.5. The number of para-hydroxylation sites is 1. The average molecular weight is 223 g/mol. The molecule has 0 fully saturated rings. The van der Waals surface area contributed by atoms with Gasteiger partial charge in [0.05, 0.1) is 11.2 Å². The number of nitrogens with zero attached hydrogens (tertiary/aromatic N) is 1. The standard InChI is InChI=1S/C11H11F2N3/c1-2-6-14-7-4-3-5-8-9(7)16-11(15-8)10(12)13/h2-5,10,14H,1,6H2,(H,15,16). The number of aromatic amines is 1. The van der Waals surface area contributed by atoms with Crippen LogP contribution in [0.2, 0.25) is 0 Å². The van der Waals surface area contributed by atoms with Crippen LogP contribution in [0.25, 0.3) is 11.0 Å². The highest BCUT2D eigenvalue weighted by Crippen LogP contribution is 2.24. The van der Waals surface area contributed by atoms with Gasteiger partial charge < -0.3 is 10.3 Å². The molecule has 1 aromatic heterocycles. The molecular weight excluding hydrogens is 212 g/mol. The molecule has 2 N–H and O–H groups in total. The quantitative estimate of drug-likeness (QED) is 0.782. The molecule has 2 rings (SSSR count). The van der Waals surface area contributed by atoms with Gasteiger partial charge in [0.15, 0.2) is 5.82 Å². The molecule has 2 aromatic rings. The second-order valence-corrected chi connectivity index (χ2v) is 3.29. The van der Waals surface area contributed by atoms with Gasteiger partial charge in [-0.1, -0.05) is 12.1 Å². The summed E-state index contributed by atoms with van der Waals surface area (Å²) in [6.45, 7) is 4.14. The average Bonchev–Trinajstić information content (AvgIpc) is 2.70. The molecule has 0 unspecified atom stereocenters. The van der Waals surface area contributed by atoms with Crippen LogP contribution in [-0.2, 0) is 0 Å². The highest BCUT2D eigenvalue weighted by molar-refractivity contribution is 5.88. The fourth-order valence-corrected chi connectivity index (χ4v) is 1.48. The summed E-state index contributed by atoms with van der Waals surface area (Å²) < 4.78 is 24.9. The van der Waals surface area contributed by atoms with Crippen molar-refractivity contribution >= 4 is 16.7 Å². The van der Waals surface area contributed by atoms with Crippen LogP contribution in [0.3, 0.4) is 0 Å². The van der Waals surface area contributed by atoms with Gasteiger partial charge in [-0.25, -0.2) is 13.8 Å². The van der Waals surface area contributed by atoms with Crippen LogP contribution in [0, 0.1) is 0 Å². The van der Waals surface area contributed by atoms with Gasteiger partial charge in [0.1, 0.15) is 5.52 Å². The second kappa shape index (κ2) is 4.30. The second-order valence-electron chi connectivity index (χ2n) is 3.29. The molecule has 0 atom stereocenters. The predicted molar refractivity (Wildman–Crippen MR) is 59.7 cm³/mol. The number of nitrogens with one attached hydrogen (secondary N) is 2. The molecule has 0 amide bonds. The van der Waals surface area contributed by atoms with Gasteiger partial charge in [-0.15, -0.1) is 6.58 Å². The molecule has 0 radical (unpaired) electrons. The van der Waals surface area contributed by atoms with Crippen LogP contribution in [0.5, 0.6) is 0 Å². The highest BCUT2D eigenvalue weighted by atomic mass is 19.3. The van der Waals surface area contributed by atoms with Crippen LogP contribution in [-0.4, -0.2) is 16.5 Å². The van der Waals surface area contributed by atoms with Gasteiger partial charge >= 0.3 is 0 Å². The molecule has 0 aliphatic rings. The Labute approximate surface area is 91.2 Å². The Hall–Kier alpha value is -1.91. The third kappa shape index (κ3) is 1.88. The van der Waals surface area contributed by atoms with E-state index in [-0.39, 0.29) is 5.82 Å². The molecule has 5 heteroatoms. The van der Waals surface area contributed by atoms with Crippen LogP contribution in [0.1, 0.15) is 12.2 Å². The van der Waals surface area contributed by atoms with Crippen LogP contribution >= 0.6 is 0 Å². The lowest BCUT2D eigenvalue weighted by Gasteiger charge is -2.02. The number of imidazole rings is 1. The van der Waals surface area contributed by atoms with E-state index in [0.29, 0.717) is 17.6 Å². The predicted octanol–water partition coefficient (Wildman–Crippen LogP) is 3.10. The summed E-state index contributed by atoms with van der Waals surface area (Å²) in [6.07, 6.45) is -0.890. The molecule has 0 spiro atoms. The summed E-state index contributed by atoms with van der Waals surface area (Å²) in [5.41, 5.74) is 1.85. The van der Waals surface area contributed by atoms with Gasteiger partial charge in [-0.3, -0.25) is 0 Å². The molecule has 0 saturated heterocycles. The first-order valence-corrected chi connectivity index (χ1v) is 4.84. The minimum atomic E-state index is -2.58. The smallest absolute Gasteiger partial charge is 0.295 e. The Morgan fingerprint density at radius 2 is 2.31 bits per heavy atom. The first-order valence-electron chi connectivity index (χ1n) is 4.84. The molecule has 1 aromatic carbocycles. The van der Waals surface area contributed by atoms with E-state index in [1.807, 2.05) is 0 Å². The van der Waals surface area contributed by atoms with Crippen LogP contribution < -0.4 is 5.32 Å². The molecule has 0 bridgehead atoms. The Morgan fingerprint density at radius 1 is 1.50 bits per heavy atom. The van der Waals surface area contributed by atoms with E-state index < -0.39 is 6.43 Å². The van der Waals surface area contributed by atoms with E-state index in [9.17, 15) is 8.78 Å². The normalized spacial score (nSPS) is 10.9. The largest absolute Gasteiger partial charge is 0.380 e. The topological polar surface area (TPSA) is 40.7 Å². The molecule has 1 heterocycles.